The fourth-order valence-corrected chi connectivity index (χ4v) is 2.49. The molecule has 0 bridgehead atoms. The minimum Gasteiger partial charge on any atom is -0.406 e. The van der Waals surface area contributed by atoms with Gasteiger partial charge in [0.25, 0.3) is 0 Å². The molecule has 0 aliphatic carbocycles. The first-order valence-corrected chi connectivity index (χ1v) is 8.45. The van der Waals surface area contributed by atoms with E-state index in [4.69, 9.17) is 0 Å². The number of aromatic nitrogens is 2. The molecule has 3 rings (SSSR count). The van der Waals surface area contributed by atoms with Crippen LogP contribution in [0, 0.1) is 11.6 Å². The molecule has 152 valence electrons. The van der Waals surface area contributed by atoms with E-state index in [9.17, 15) is 22.0 Å². The molecule has 0 fully saturated rings. The van der Waals surface area contributed by atoms with E-state index in [-0.39, 0.29) is 17.5 Å². The smallest absolute Gasteiger partial charge is 0.406 e. The maximum absolute atomic E-state index is 13.9. The highest BCUT2D eigenvalue weighted by Crippen LogP contribution is 2.30. The zero-order chi connectivity index (χ0) is 21.0. The zero-order valence-electron chi connectivity index (χ0n) is 15.0. The number of ether oxygens (including phenoxy) is 1. The maximum atomic E-state index is 13.9. The van der Waals surface area contributed by atoms with Gasteiger partial charge in [-0.2, -0.15) is 4.98 Å². The summed E-state index contributed by atoms with van der Waals surface area (Å²) in [5.41, 5.74) is 0.113. The Hall–Kier alpha value is -3.43. The molecule has 1 aromatic heterocycles. The number of nitrogens with zero attached hydrogens (tertiary/aromatic N) is 2. The van der Waals surface area contributed by atoms with E-state index in [1.165, 1.54) is 24.3 Å². The van der Waals surface area contributed by atoms with Crippen LogP contribution in [-0.4, -0.2) is 22.9 Å². The van der Waals surface area contributed by atoms with E-state index >= 15 is 0 Å². The van der Waals surface area contributed by atoms with Crippen LogP contribution in [0.4, 0.5) is 39.4 Å². The maximum Gasteiger partial charge on any atom is 0.573 e. The summed E-state index contributed by atoms with van der Waals surface area (Å²) in [6.45, 7) is 2.24. The Kier molecular flexibility index (Phi) is 5.81. The second kappa shape index (κ2) is 8.29. The average molecular weight is 410 g/mol. The summed E-state index contributed by atoms with van der Waals surface area (Å²) in [7, 11) is 0. The fraction of sp³-hybridized carbons (Fsp3) is 0.158. The lowest BCUT2D eigenvalue weighted by Crippen LogP contribution is -2.17. The topological polar surface area (TPSA) is 59.1 Å². The van der Waals surface area contributed by atoms with Crippen molar-refractivity contribution in [2.24, 2.45) is 0 Å². The van der Waals surface area contributed by atoms with Crippen LogP contribution in [0.1, 0.15) is 6.92 Å². The Bertz CT molecular complexity index is 990. The molecule has 29 heavy (non-hydrogen) atoms. The third kappa shape index (κ3) is 5.31. The van der Waals surface area contributed by atoms with Gasteiger partial charge < -0.3 is 15.4 Å². The van der Waals surface area contributed by atoms with E-state index in [1.807, 2.05) is 0 Å². The molecule has 0 radical (unpaired) electrons. The summed E-state index contributed by atoms with van der Waals surface area (Å²) in [6, 6.07) is 9.93. The van der Waals surface area contributed by atoms with Crippen LogP contribution in [0.15, 0.2) is 48.5 Å². The van der Waals surface area contributed by atoms with Gasteiger partial charge >= 0.3 is 6.36 Å². The van der Waals surface area contributed by atoms with Crippen molar-refractivity contribution < 1.29 is 26.7 Å². The lowest BCUT2D eigenvalue weighted by molar-refractivity contribution is -0.274. The first-order chi connectivity index (χ1) is 13.7. The molecule has 0 aliphatic rings. The van der Waals surface area contributed by atoms with Crippen molar-refractivity contribution in [3.63, 3.8) is 0 Å². The molecule has 10 heteroatoms. The molecule has 3 aromatic rings. The van der Waals surface area contributed by atoms with Gasteiger partial charge in [-0.05, 0) is 31.2 Å². The lowest BCUT2D eigenvalue weighted by Gasteiger charge is -2.13. The molecule has 2 aromatic carbocycles. The Balaban J connectivity index is 2.00. The summed E-state index contributed by atoms with van der Waals surface area (Å²) < 4.78 is 69.2. The number of para-hydroxylation sites is 1. The van der Waals surface area contributed by atoms with Crippen molar-refractivity contribution in [1.82, 2.24) is 9.97 Å². The molecule has 0 saturated heterocycles. The van der Waals surface area contributed by atoms with Gasteiger partial charge in [0.15, 0.2) is 0 Å². The fourth-order valence-electron chi connectivity index (χ4n) is 2.49. The number of hydrogen-bond acceptors (Lipinski definition) is 5. The van der Waals surface area contributed by atoms with Crippen LogP contribution in [0.25, 0.3) is 11.3 Å². The second-order valence-electron chi connectivity index (χ2n) is 5.79. The predicted molar refractivity (Wildman–Crippen MR) is 98.0 cm³/mol. The van der Waals surface area contributed by atoms with Crippen molar-refractivity contribution in [1.29, 1.82) is 0 Å². The Morgan fingerprint density at radius 1 is 0.966 bits per heavy atom. The van der Waals surface area contributed by atoms with Crippen molar-refractivity contribution in [3.8, 4) is 17.0 Å². The minimum absolute atomic E-state index is 0.0529. The predicted octanol–water partition coefficient (Wildman–Crippen LogP) is 5.50. The highest BCUT2D eigenvalue weighted by atomic mass is 19.4. The summed E-state index contributed by atoms with van der Waals surface area (Å²) >= 11 is 0. The third-order valence-corrected chi connectivity index (χ3v) is 3.64. The third-order valence-electron chi connectivity index (χ3n) is 3.64. The standard InChI is InChI=1S/C19H15F5N4O/c1-2-25-18-26-15(11-5-3-6-12(9-11)29-19(22,23)24)10-16(28-18)27-17-13(20)7-4-8-14(17)21/h3-10H,2H2,1H3,(H2,25,26,27,28). The van der Waals surface area contributed by atoms with Gasteiger partial charge in [-0.25, -0.2) is 13.8 Å². The van der Waals surface area contributed by atoms with E-state index in [0.29, 0.717) is 12.1 Å². The molecule has 5 nitrogen and oxygen atoms in total. The van der Waals surface area contributed by atoms with E-state index < -0.39 is 29.4 Å². The summed E-state index contributed by atoms with van der Waals surface area (Å²) in [6.07, 6.45) is -4.84. The van der Waals surface area contributed by atoms with Gasteiger partial charge in [0.05, 0.1) is 5.69 Å². The quantitative estimate of drug-likeness (QED) is 0.526. The van der Waals surface area contributed by atoms with Gasteiger partial charge in [0.1, 0.15) is 28.9 Å². The molecule has 0 saturated carbocycles. The Morgan fingerprint density at radius 3 is 2.31 bits per heavy atom. The van der Waals surface area contributed by atoms with Gasteiger partial charge in [0, 0.05) is 18.2 Å². The highest BCUT2D eigenvalue weighted by Gasteiger charge is 2.31. The molecule has 0 atom stereocenters. The molecular formula is C19H15F5N4O. The largest absolute Gasteiger partial charge is 0.573 e. The number of halogens is 5. The van der Waals surface area contributed by atoms with Gasteiger partial charge in [-0.3, -0.25) is 0 Å². The van der Waals surface area contributed by atoms with Crippen molar-refractivity contribution >= 4 is 17.5 Å². The van der Waals surface area contributed by atoms with Crippen LogP contribution >= 0.6 is 0 Å². The van der Waals surface area contributed by atoms with Gasteiger partial charge in [-0.1, -0.05) is 18.2 Å². The number of benzene rings is 2. The number of rotatable bonds is 6. The van der Waals surface area contributed by atoms with Crippen LogP contribution in [0.3, 0.4) is 0 Å². The van der Waals surface area contributed by atoms with Crippen molar-refractivity contribution in [2.45, 2.75) is 13.3 Å². The normalized spacial score (nSPS) is 11.2. The molecule has 0 aliphatic heterocycles. The second-order valence-corrected chi connectivity index (χ2v) is 5.79. The number of nitrogens with one attached hydrogen (secondary N) is 2. The van der Waals surface area contributed by atoms with Gasteiger partial charge in [0.2, 0.25) is 5.95 Å². The molecule has 0 spiro atoms. The number of hydrogen-bond donors (Lipinski definition) is 2. The van der Waals surface area contributed by atoms with Crippen LogP contribution in [-0.2, 0) is 0 Å². The lowest BCUT2D eigenvalue weighted by atomic mass is 10.1. The number of anilines is 3. The van der Waals surface area contributed by atoms with E-state index in [2.05, 4.69) is 25.3 Å². The SMILES string of the molecule is CCNc1nc(Nc2c(F)cccc2F)cc(-c2cccc(OC(F)(F)F)c2)n1. The Labute approximate surface area is 162 Å². The molecule has 0 amide bonds. The Morgan fingerprint density at radius 2 is 1.66 bits per heavy atom. The van der Waals surface area contributed by atoms with Gasteiger partial charge in [-0.15, -0.1) is 13.2 Å². The molecular weight excluding hydrogens is 395 g/mol. The van der Waals surface area contributed by atoms with Crippen LogP contribution in [0.5, 0.6) is 5.75 Å². The minimum atomic E-state index is -4.84. The van der Waals surface area contributed by atoms with Crippen LogP contribution in [0.2, 0.25) is 0 Å². The van der Waals surface area contributed by atoms with E-state index in [0.717, 1.165) is 24.3 Å². The molecule has 1 heterocycles. The average Bonchev–Trinajstić information content (AvgIpc) is 2.64. The summed E-state index contributed by atoms with van der Waals surface area (Å²) in [4.78, 5) is 8.36. The number of alkyl halides is 3. The summed E-state index contributed by atoms with van der Waals surface area (Å²) in [5.74, 6) is -1.89. The van der Waals surface area contributed by atoms with Crippen molar-refractivity contribution in [2.75, 3.05) is 17.2 Å². The van der Waals surface area contributed by atoms with Crippen LogP contribution < -0.4 is 15.4 Å². The molecule has 2 N–H and O–H groups in total. The first-order valence-electron chi connectivity index (χ1n) is 8.45. The highest BCUT2D eigenvalue weighted by molar-refractivity contribution is 5.68. The summed E-state index contributed by atoms with van der Waals surface area (Å²) in [5, 5.41) is 5.41. The zero-order valence-corrected chi connectivity index (χ0v) is 15.0. The molecule has 0 unspecified atom stereocenters. The van der Waals surface area contributed by atoms with E-state index in [1.54, 1.807) is 6.92 Å². The van der Waals surface area contributed by atoms with Crippen molar-refractivity contribution in [3.05, 3.63) is 60.2 Å². The monoisotopic (exact) mass is 410 g/mol. The first kappa shape index (κ1) is 20.3.